The second kappa shape index (κ2) is 4.42. The summed E-state index contributed by atoms with van der Waals surface area (Å²) in [7, 11) is 2.07. The molecule has 90 valence electrons. The summed E-state index contributed by atoms with van der Waals surface area (Å²) in [5.41, 5.74) is 3.52. The Bertz CT molecular complexity index is 751. The number of aromatic nitrogens is 1. The highest BCUT2D eigenvalue weighted by atomic mass is 32.1. The minimum absolute atomic E-state index is 0.997. The van der Waals surface area contributed by atoms with Gasteiger partial charge in [0, 0.05) is 7.05 Å². The van der Waals surface area contributed by atoms with E-state index in [-0.39, 0.29) is 0 Å². The van der Waals surface area contributed by atoms with Gasteiger partial charge >= 0.3 is 0 Å². The molecule has 0 amide bonds. The lowest BCUT2D eigenvalue weighted by atomic mass is 10.2. The molecule has 1 heterocycles. The fourth-order valence-electron chi connectivity index (χ4n) is 1.96. The van der Waals surface area contributed by atoms with Crippen LogP contribution < -0.4 is 4.80 Å². The number of fused-ring (bicyclic) bond motifs is 1. The van der Waals surface area contributed by atoms with Gasteiger partial charge in [-0.05, 0) is 36.8 Å². The Balaban J connectivity index is 2.24. The lowest BCUT2D eigenvalue weighted by Crippen LogP contribution is -2.08. The summed E-state index contributed by atoms with van der Waals surface area (Å²) in [6.07, 6.45) is 0. The van der Waals surface area contributed by atoms with Crippen molar-refractivity contribution in [1.82, 2.24) is 4.57 Å². The number of hydrogen-bond donors (Lipinski definition) is 0. The number of aryl methyl sites for hydroxylation is 2. The van der Waals surface area contributed by atoms with Crippen LogP contribution in [0, 0.1) is 6.92 Å². The van der Waals surface area contributed by atoms with Crippen molar-refractivity contribution in [2.45, 2.75) is 6.92 Å². The number of thiazole rings is 1. The average Bonchev–Trinajstić information content (AvgIpc) is 2.67. The fraction of sp³-hybridized carbons (Fsp3) is 0.133. The molecule has 2 nitrogen and oxygen atoms in total. The summed E-state index contributed by atoms with van der Waals surface area (Å²) in [5.74, 6) is 0. The molecule has 0 atom stereocenters. The highest BCUT2D eigenvalue weighted by Gasteiger charge is 2.02. The van der Waals surface area contributed by atoms with Crippen LogP contribution in [0.1, 0.15) is 5.56 Å². The maximum atomic E-state index is 4.69. The SMILES string of the molecule is Cc1ccc2c(c1)s/c(=N\c1ccccc1)n2C. The molecule has 3 heteroatoms. The minimum atomic E-state index is 0.997. The average molecular weight is 254 g/mol. The van der Waals surface area contributed by atoms with Gasteiger partial charge in [-0.1, -0.05) is 35.6 Å². The van der Waals surface area contributed by atoms with Crippen LogP contribution >= 0.6 is 11.3 Å². The van der Waals surface area contributed by atoms with Crippen molar-refractivity contribution in [2.75, 3.05) is 0 Å². The molecule has 0 unspecified atom stereocenters. The molecule has 18 heavy (non-hydrogen) atoms. The van der Waals surface area contributed by atoms with E-state index >= 15 is 0 Å². The lowest BCUT2D eigenvalue weighted by Gasteiger charge is -1.96. The molecule has 0 aliphatic carbocycles. The van der Waals surface area contributed by atoms with Gasteiger partial charge in [-0.2, -0.15) is 0 Å². The van der Waals surface area contributed by atoms with Gasteiger partial charge in [-0.25, -0.2) is 4.99 Å². The molecule has 1 aromatic heterocycles. The molecule has 0 fully saturated rings. The van der Waals surface area contributed by atoms with Gasteiger partial charge in [0.05, 0.1) is 15.9 Å². The van der Waals surface area contributed by atoms with Crippen LogP contribution in [0.5, 0.6) is 0 Å². The van der Waals surface area contributed by atoms with E-state index in [2.05, 4.69) is 41.7 Å². The molecule has 2 aromatic carbocycles. The topological polar surface area (TPSA) is 17.3 Å². The maximum Gasteiger partial charge on any atom is 0.190 e. The second-order valence-corrected chi connectivity index (χ2v) is 5.37. The fourth-order valence-corrected chi connectivity index (χ4v) is 3.10. The van der Waals surface area contributed by atoms with Crippen molar-refractivity contribution in [1.29, 1.82) is 0 Å². The van der Waals surface area contributed by atoms with Crippen molar-refractivity contribution < 1.29 is 0 Å². The van der Waals surface area contributed by atoms with E-state index in [0.29, 0.717) is 0 Å². The summed E-state index contributed by atoms with van der Waals surface area (Å²) in [4.78, 5) is 5.72. The van der Waals surface area contributed by atoms with Crippen LogP contribution in [0.15, 0.2) is 53.5 Å². The summed E-state index contributed by atoms with van der Waals surface area (Å²) < 4.78 is 3.43. The van der Waals surface area contributed by atoms with Crippen LogP contribution in [0.2, 0.25) is 0 Å². The Kier molecular flexibility index (Phi) is 2.76. The molecular weight excluding hydrogens is 240 g/mol. The summed E-state index contributed by atoms with van der Waals surface area (Å²) in [5, 5.41) is 0. The van der Waals surface area contributed by atoms with Crippen molar-refractivity contribution in [3.8, 4) is 0 Å². The Morgan fingerprint density at radius 2 is 1.83 bits per heavy atom. The predicted molar refractivity (Wildman–Crippen MR) is 77.2 cm³/mol. The Morgan fingerprint density at radius 1 is 1.06 bits per heavy atom. The van der Waals surface area contributed by atoms with Gasteiger partial charge in [-0.3, -0.25) is 0 Å². The summed E-state index contributed by atoms with van der Waals surface area (Å²) >= 11 is 1.73. The van der Waals surface area contributed by atoms with E-state index in [9.17, 15) is 0 Å². The van der Waals surface area contributed by atoms with E-state index < -0.39 is 0 Å². The molecule has 3 rings (SSSR count). The van der Waals surface area contributed by atoms with Gasteiger partial charge in [-0.15, -0.1) is 0 Å². The van der Waals surface area contributed by atoms with Gasteiger partial charge in [0.2, 0.25) is 0 Å². The van der Waals surface area contributed by atoms with Crippen LogP contribution in [0.3, 0.4) is 0 Å². The van der Waals surface area contributed by atoms with Gasteiger partial charge < -0.3 is 4.57 Å². The summed E-state index contributed by atoms with van der Waals surface area (Å²) in [6.45, 7) is 2.12. The third kappa shape index (κ3) is 1.97. The normalized spacial score (nSPS) is 12.2. The quantitative estimate of drug-likeness (QED) is 0.629. The zero-order chi connectivity index (χ0) is 12.5. The van der Waals surface area contributed by atoms with Crippen molar-refractivity contribution in [3.63, 3.8) is 0 Å². The van der Waals surface area contributed by atoms with Crippen LogP contribution in [0.25, 0.3) is 10.2 Å². The van der Waals surface area contributed by atoms with Crippen LogP contribution in [-0.2, 0) is 7.05 Å². The molecule has 0 saturated carbocycles. The maximum absolute atomic E-state index is 4.69. The molecular formula is C15H14N2S. The largest absolute Gasteiger partial charge is 0.320 e. The van der Waals surface area contributed by atoms with Crippen molar-refractivity contribution in [2.24, 2.45) is 12.0 Å². The van der Waals surface area contributed by atoms with Gasteiger partial charge in [0.15, 0.2) is 4.80 Å². The molecule has 3 aromatic rings. The Hall–Kier alpha value is -1.87. The number of para-hydroxylation sites is 1. The van der Waals surface area contributed by atoms with Crippen LogP contribution in [-0.4, -0.2) is 4.57 Å². The first-order chi connectivity index (χ1) is 8.74. The number of rotatable bonds is 1. The zero-order valence-corrected chi connectivity index (χ0v) is 11.2. The van der Waals surface area contributed by atoms with Crippen molar-refractivity contribution >= 4 is 27.2 Å². The Morgan fingerprint density at radius 3 is 2.61 bits per heavy atom. The highest BCUT2D eigenvalue weighted by molar-refractivity contribution is 7.16. The first-order valence-corrected chi connectivity index (χ1v) is 6.72. The predicted octanol–water partition coefficient (Wildman–Crippen LogP) is 3.78. The monoisotopic (exact) mass is 254 g/mol. The molecule has 0 aliphatic rings. The highest BCUT2D eigenvalue weighted by Crippen LogP contribution is 2.19. The smallest absolute Gasteiger partial charge is 0.190 e. The number of benzene rings is 2. The number of nitrogens with zero attached hydrogens (tertiary/aromatic N) is 2. The van der Waals surface area contributed by atoms with Gasteiger partial charge in [0.25, 0.3) is 0 Å². The third-order valence-corrected chi connectivity index (χ3v) is 4.04. The standard InChI is InChI=1S/C15H14N2S/c1-11-8-9-13-14(10-11)18-15(17(13)2)16-12-6-4-3-5-7-12/h3-10H,1-2H3/b16-15-. The van der Waals surface area contributed by atoms with Crippen LogP contribution in [0.4, 0.5) is 5.69 Å². The summed E-state index contributed by atoms with van der Waals surface area (Å²) in [6, 6.07) is 16.6. The Labute approximate surface area is 110 Å². The molecule has 0 saturated heterocycles. The van der Waals surface area contributed by atoms with Gasteiger partial charge in [0.1, 0.15) is 0 Å². The molecule has 0 spiro atoms. The minimum Gasteiger partial charge on any atom is -0.320 e. The first-order valence-electron chi connectivity index (χ1n) is 5.90. The van der Waals surface area contributed by atoms with E-state index in [4.69, 9.17) is 0 Å². The zero-order valence-electron chi connectivity index (χ0n) is 10.4. The molecule has 0 N–H and O–H groups in total. The van der Waals surface area contributed by atoms with E-state index in [1.54, 1.807) is 11.3 Å². The third-order valence-electron chi connectivity index (χ3n) is 2.95. The number of hydrogen-bond acceptors (Lipinski definition) is 2. The van der Waals surface area contributed by atoms with E-state index in [1.807, 2.05) is 30.3 Å². The van der Waals surface area contributed by atoms with E-state index in [1.165, 1.54) is 15.8 Å². The van der Waals surface area contributed by atoms with Crippen molar-refractivity contribution in [3.05, 3.63) is 58.9 Å². The molecule has 0 bridgehead atoms. The van der Waals surface area contributed by atoms with E-state index in [0.717, 1.165) is 10.5 Å². The lowest BCUT2D eigenvalue weighted by molar-refractivity contribution is 0.912. The first kappa shape index (κ1) is 11.2. The molecule has 0 radical (unpaired) electrons. The molecule has 0 aliphatic heterocycles. The second-order valence-electron chi connectivity index (χ2n) is 4.36.